The first kappa shape index (κ1) is 13.6. The van der Waals surface area contributed by atoms with Gasteiger partial charge in [0.2, 0.25) is 0 Å². The number of benzene rings is 1. The minimum absolute atomic E-state index is 0.0993. The van der Waals surface area contributed by atoms with Gasteiger partial charge in [-0.1, -0.05) is 31.7 Å². The van der Waals surface area contributed by atoms with Crippen molar-refractivity contribution in [2.45, 2.75) is 18.9 Å². The van der Waals surface area contributed by atoms with Crippen LogP contribution >= 0.6 is 0 Å². The van der Waals surface area contributed by atoms with Gasteiger partial charge < -0.3 is 14.7 Å². The highest BCUT2D eigenvalue weighted by Gasteiger charge is 2.42. The quantitative estimate of drug-likeness (QED) is 0.823. The summed E-state index contributed by atoms with van der Waals surface area (Å²) in [5.41, 5.74) is -0.186. The van der Waals surface area contributed by atoms with Crippen LogP contribution in [0.1, 0.15) is 23.7 Å². The van der Waals surface area contributed by atoms with Crippen LogP contribution in [0.15, 0.2) is 36.9 Å². The fourth-order valence-electron chi connectivity index (χ4n) is 2.12. The average molecular weight is 261 g/mol. The summed E-state index contributed by atoms with van der Waals surface area (Å²) in [4.78, 5) is 14.0. The minimum Gasteiger partial charge on any atom is -0.489 e. The summed E-state index contributed by atoms with van der Waals surface area (Å²) in [7, 11) is 0. The zero-order valence-corrected chi connectivity index (χ0v) is 11.1. The van der Waals surface area contributed by atoms with Crippen molar-refractivity contribution in [2.75, 3.05) is 19.7 Å². The van der Waals surface area contributed by atoms with E-state index < -0.39 is 5.60 Å². The van der Waals surface area contributed by atoms with Crippen molar-refractivity contribution in [3.05, 3.63) is 42.5 Å². The normalized spacial score (nSPS) is 16.6. The first-order valence-electron chi connectivity index (χ1n) is 6.44. The zero-order valence-electron chi connectivity index (χ0n) is 11.1. The molecule has 0 aliphatic carbocycles. The van der Waals surface area contributed by atoms with E-state index in [1.165, 1.54) is 0 Å². The molecule has 0 aromatic heterocycles. The summed E-state index contributed by atoms with van der Waals surface area (Å²) in [6, 6.07) is 7.14. The Morgan fingerprint density at radius 3 is 2.84 bits per heavy atom. The molecule has 0 unspecified atom stereocenters. The second-order valence-electron chi connectivity index (χ2n) is 4.83. The number of hydrogen-bond donors (Lipinski definition) is 1. The van der Waals surface area contributed by atoms with Gasteiger partial charge in [0.15, 0.2) is 0 Å². The highest BCUT2D eigenvalue weighted by molar-refractivity contribution is 5.97. The number of para-hydroxylation sites is 1. The molecule has 4 heteroatoms. The Balaban J connectivity index is 2.10. The molecule has 0 saturated carbocycles. The molecule has 1 aliphatic heterocycles. The second kappa shape index (κ2) is 5.45. The monoisotopic (exact) mass is 261 g/mol. The summed E-state index contributed by atoms with van der Waals surface area (Å²) in [6.07, 6.45) is 2.30. The van der Waals surface area contributed by atoms with Gasteiger partial charge in [0.25, 0.3) is 5.91 Å². The average Bonchev–Trinajstić information content (AvgIpc) is 2.41. The van der Waals surface area contributed by atoms with Gasteiger partial charge in [-0.05, 0) is 18.6 Å². The van der Waals surface area contributed by atoms with Crippen LogP contribution in [0.2, 0.25) is 0 Å². The first-order valence-corrected chi connectivity index (χ1v) is 6.44. The van der Waals surface area contributed by atoms with Crippen LogP contribution in [0.3, 0.4) is 0 Å². The standard InChI is InChI=1S/C15H19NO3/c1-3-9-19-13-8-6-5-7-12(13)14(17)16-10-15(18,4-2)11-16/h3,5-8,18H,1,4,9-11H2,2H3. The van der Waals surface area contributed by atoms with Crippen LogP contribution in [0.4, 0.5) is 0 Å². The topological polar surface area (TPSA) is 49.8 Å². The molecule has 1 aromatic carbocycles. The van der Waals surface area contributed by atoms with Crippen molar-refractivity contribution in [3.8, 4) is 5.75 Å². The number of carbonyl (C=O) groups is 1. The predicted molar refractivity (Wildman–Crippen MR) is 73.3 cm³/mol. The summed E-state index contributed by atoms with van der Waals surface area (Å²) < 4.78 is 5.48. The Bertz CT molecular complexity index is 478. The Hall–Kier alpha value is -1.81. The fraction of sp³-hybridized carbons (Fsp3) is 0.400. The highest BCUT2D eigenvalue weighted by atomic mass is 16.5. The van der Waals surface area contributed by atoms with Crippen molar-refractivity contribution in [2.24, 2.45) is 0 Å². The maximum atomic E-state index is 12.3. The Kier molecular flexibility index (Phi) is 3.90. The molecule has 1 amide bonds. The molecular weight excluding hydrogens is 242 g/mol. The van der Waals surface area contributed by atoms with Gasteiger partial charge in [-0.15, -0.1) is 0 Å². The maximum absolute atomic E-state index is 12.3. The van der Waals surface area contributed by atoms with Gasteiger partial charge >= 0.3 is 0 Å². The smallest absolute Gasteiger partial charge is 0.257 e. The maximum Gasteiger partial charge on any atom is 0.257 e. The third-order valence-electron chi connectivity index (χ3n) is 3.39. The number of hydrogen-bond acceptors (Lipinski definition) is 3. The number of β-amino-alcohol motifs (C(OH)–C–C–N with tert-alkyl or cyclic N) is 1. The molecular formula is C15H19NO3. The van der Waals surface area contributed by atoms with Crippen LogP contribution in [-0.2, 0) is 0 Å². The van der Waals surface area contributed by atoms with Crippen molar-refractivity contribution in [3.63, 3.8) is 0 Å². The fourth-order valence-corrected chi connectivity index (χ4v) is 2.12. The molecule has 0 spiro atoms. The molecule has 1 heterocycles. The molecule has 102 valence electrons. The number of ether oxygens (including phenoxy) is 1. The predicted octanol–water partition coefficient (Wildman–Crippen LogP) is 1.85. The molecule has 1 fully saturated rings. The van der Waals surface area contributed by atoms with Crippen molar-refractivity contribution < 1.29 is 14.6 Å². The Morgan fingerprint density at radius 2 is 2.21 bits per heavy atom. The Morgan fingerprint density at radius 1 is 1.53 bits per heavy atom. The lowest BCUT2D eigenvalue weighted by Crippen LogP contribution is -2.63. The number of rotatable bonds is 5. The van der Waals surface area contributed by atoms with Crippen molar-refractivity contribution in [1.29, 1.82) is 0 Å². The SMILES string of the molecule is C=CCOc1ccccc1C(=O)N1CC(O)(CC)C1. The van der Waals surface area contributed by atoms with E-state index in [2.05, 4.69) is 6.58 Å². The second-order valence-corrected chi connectivity index (χ2v) is 4.83. The van der Waals surface area contributed by atoms with E-state index in [0.29, 0.717) is 37.4 Å². The summed E-state index contributed by atoms with van der Waals surface area (Å²) in [5.74, 6) is 0.456. The molecule has 1 aromatic rings. The number of likely N-dealkylation sites (tertiary alicyclic amines) is 1. The van der Waals surface area contributed by atoms with Gasteiger partial charge in [0.05, 0.1) is 24.3 Å². The summed E-state index contributed by atoms with van der Waals surface area (Å²) in [5, 5.41) is 9.96. The summed E-state index contributed by atoms with van der Waals surface area (Å²) in [6.45, 7) is 6.65. The van der Waals surface area contributed by atoms with E-state index in [9.17, 15) is 9.90 Å². The first-order chi connectivity index (χ1) is 9.09. The molecule has 4 nitrogen and oxygen atoms in total. The molecule has 1 N–H and O–H groups in total. The number of aliphatic hydroxyl groups is 1. The molecule has 1 saturated heterocycles. The van der Waals surface area contributed by atoms with Crippen LogP contribution < -0.4 is 4.74 Å². The van der Waals surface area contributed by atoms with Crippen LogP contribution in [-0.4, -0.2) is 41.2 Å². The van der Waals surface area contributed by atoms with E-state index in [-0.39, 0.29) is 5.91 Å². The molecule has 19 heavy (non-hydrogen) atoms. The lowest BCUT2D eigenvalue weighted by Gasteiger charge is -2.46. The van der Waals surface area contributed by atoms with E-state index in [1.807, 2.05) is 13.0 Å². The van der Waals surface area contributed by atoms with E-state index in [1.54, 1.807) is 29.2 Å². The molecule has 2 rings (SSSR count). The van der Waals surface area contributed by atoms with E-state index in [4.69, 9.17) is 4.74 Å². The van der Waals surface area contributed by atoms with Gasteiger partial charge in [-0.2, -0.15) is 0 Å². The number of nitrogens with zero attached hydrogens (tertiary/aromatic N) is 1. The van der Waals surface area contributed by atoms with Crippen molar-refractivity contribution in [1.82, 2.24) is 4.90 Å². The molecule has 0 bridgehead atoms. The Labute approximate surface area is 113 Å². The lowest BCUT2D eigenvalue weighted by atomic mass is 9.90. The minimum atomic E-state index is -0.716. The van der Waals surface area contributed by atoms with Gasteiger partial charge in [0.1, 0.15) is 12.4 Å². The molecule has 0 radical (unpaired) electrons. The largest absolute Gasteiger partial charge is 0.489 e. The van der Waals surface area contributed by atoms with Gasteiger partial charge in [-0.25, -0.2) is 0 Å². The molecule has 1 aliphatic rings. The lowest BCUT2D eigenvalue weighted by molar-refractivity contribution is -0.0827. The van der Waals surface area contributed by atoms with Gasteiger partial charge in [-0.3, -0.25) is 4.79 Å². The van der Waals surface area contributed by atoms with Crippen LogP contribution in [0, 0.1) is 0 Å². The summed E-state index contributed by atoms with van der Waals surface area (Å²) >= 11 is 0. The third-order valence-corrected chi connectivity index (χ3v) is 3.39. The zero-order chi connectivity index (χ0) is 13.9. The van der Waals surface area contributed by atoms with Crippen molar-refractivity contribution >= 4 is 5.91 Å². The highest BCUT2D eigenvalue weighted by Crippen LogP contribution is 2.28. The third kappa shape index (κ3) is 2.79. The van der Waals surface area contributed by atoms with E-state index in [0.717, 1.165) is 0 Å². The van der Waals surface area contributed by atoms with Crippen LogP contribution in [0.25, 0.3) is 0 Å². The van der Waals surface area contributed by atoms with E-state index >= 15 is 0 Å². The number of amides is 1. The number of carbonyl (C=O) groups excluding carboxylic acids is 1. The van der Waals surface area contributed by atoms with Crippen LogP contribution in [0.5, 0.6) is 5.75 Å². The van der Waals surface area contributed by atoms with Gasteiger partial charge in [0, 0.05) is 0 Å². The molecule has 0 atom stereocenters.